The van der Waals surface area contributed by atoms with Crippen LogP contribution in [0.4, 0.5) is 0 Å². The van der Waals surface area contributed by atoms with Gasteiger partial charge >= 0.3 is 0 Å². The van der Waals surface area contributed by atoms with Crippen LogP contribution < -0.4 is 9.88 Å². The second-order valence-corrected chi connectivity index (χ2v) is 6.22. The van der Waals surface area contributed by atoms with E-state index in [0.717, 1.165) is 5.56 Å². The molecule has 23 heavy (non-hydrogen) atoms. The summed E-state index contributed by atoms with van der Waals surface area (Å²) in [7, 11) is -2.57. The molecule has 3 rings (SSSR count). The Balaban J connectivity index is 2.05. The first-order chi connectivity index (χ1) is 11.0. The zero-order valence-electron chi connectivity index (χ0n) is 12.1. The second kappa shape index (κ2) is 5.82. The van der Waals surface area contributed by atoms with E-state index in [9.17, 15) is 8.42 Å². The molecule has 0 aliphatic heterocycles. The van der Waals surface area contributed by atoms with Gasteiger partial charge in [0.15, 0.2) is 0 Å². The number of rotatable bonds is 4. The van der Waals surface area contributed by atoms with Crippen LogP contribution in [0, 0.1) is 0 Å². The van der Waals surface area contributed by atoms with Crippen molar-refractivity contribution >= 4 is 10.0 Å². The fraction of sp³-hybridized carbons (Fsp3) is 0.0667. The molecule has 3 aromatic rings. The zero-order valence-corrected chi connectivity index (χ0v) is 12.9. The highest BCUT2D eigenvalue weighted by Crippen LogP contribution is 2.30. The third kappa shape index (κ3) is 3.08. The Morgan fingerprint density at radius 3 is 2.26 bits per heavy atom. The molecule has 1 heterocycles. The fourth-order valence-corrected chi connectivity index (χ4v) is 2.79. The predicted octanol–water partition coefficient (Wildman–Crippen LogP) is 2.06. The molecule has 0 unspecified atom stereocenters. The molecule has 7 nitrogen and oxygen atoms in total. The lowest BCUT2D eigenvalue weighted by atomic mass is 10.2. The maximum Gasteiger partial charge on any atom is 0.248 e. The number of ether oxygens (including phenoxy) is 1. The number of hydrogen-bond acceptors (Lipinski definition) is 6. The van der Waals surface area contributed by atoms with Crippen molar-refractivity contribution in [1.82, 2.24) is 10.2 Å². The summed E-state index contributed by atoms with van der Waals surface area (Å²) in [6.45, 7) is 0. The molecule has 2 aromatic carbocycles. The number of hydrogen-bond donors (Lipinski definition) is 1. The molecule has 0 aliphatic rings. The van der Waals surface area contributed by atoms with Gasteiger partial charge in [-0.25, -0.2) is 13.6 Å². The third-order valence-electron chi connectivity index (χ3n) is 3.16. The van der Waals surface area contributed by atoms with E-state index in [1.165, 1.54) is 19.2 Å². The maximum absolute atomic E-state index is 11.7. The largest absolute Gasteiger partial charge is 0.495 e. The molecule has 0 bridgehead atoms. The van der Waals surface area contributed by atoms with Crippen molar-refractivity contribution in [2.45, 2.75) is 4.90 Å². The Morgan fingerprint density at radius 2 is 1.65 bits per heavy atom. The first kappa shape index (κ1) is 15.2. The standard InChI is InChI=1S/C15H13N3O4S/c1-21-12-8-7-11(9-13(12)23(16,19)20)15-18-17-14(22-15)10-5-3-2-4-6-10/h2-9H,1H3,(H2,16,19,20). The summed E-state index contributed by atoms with van der Waals surface area (Å²) < 4.78 is 33.9. The summed E-state index contributed by atoms with van der Waals surface area (Å²) in [5, 5.41) is 13.1. The molecule has 118 valence electrons. The van der Waals surface area contributed by atoms with Crippen molar-refractivity contribution < 1.29 is 17.6 Å². The summed E-state index contributed by atoms with van der Waals surface area (Å²) in [4.78, 5) is -0.142. The molecule has 0 fully saturated rings. The lowest BCUT2D eigenvalue weighted by Crippen LogP contribution is -2.13. The van der Waals surface area contributed by atoms with E-state index in [1.54, 1.807) is 6.07 Å². The topological polar surface area (TPSA) is 108 Å². The van der Waals surface area contributed by atoms with Gasteiger partial charge in [-0.3, -0.25) is 0 Å². The fourth-order valence-electron chi connectivity index (χ4n) is 2.07. The van der Waals surface area contributed by atoms with Crippen LogP contribution in [0.2, 0.25) is 0 Å². The minimum absolute atomic E-state index is 0.142. The highest BCUT2D eigenvalue weighted by molar-refractivity contribution is 7.89. The first-order valence-electron chi connectivity index (χ1n) is 6.59. The Labute approximate surface area is 132 Å². The minimum Gasteiger partial charge on any atom is -0.495 e. The van der Waals surface area contributed by atoms with Crippen molar-refractivity contribution in [1.29, 1.82) is 0 Å². The Morgan fingerprint density at radius 1 is 1.00 bits per heavy atom. The van der Waals surface area contributed by atoms with Gasteiger partial charge in [0.2, 0.25) is 21.8 Å². The molecule has 0 radical (unpaired) electrons. The second-order valence-electron chi connectivity index (χ2n) is 4.69. The highest BCUT2D eigenvalue weighted by atomic mass is 32.2. The van der Waals surface area contributed by atoms with Gasteiger partial charge in [-0.05, 0) is 30.3 Å². The van der Waals surface area contributed by atoms with Crippen LogP contribution in [-0.2, 0) is 10.0 Å². The van der Waals surface area contributed by atoms with E-state index >= 15 is 0 Å². The van der Waals surface area contributed by atoms with Crippen LogP contribution in [0.15, 0.2) is 57.8 Å². The Kier molecular flexibility index (Phi) is 3.85. The van der Waals surface area contributed by atoms with E-state index in [4.69, 9.17) is 14.3 Å². The van der Waals surface area contributed by atoms with Gasteiger partial charge in [-0.1, -0.05) is 18.2 Å². The molecule has 0 spiro atoms. The predicted molar refractivity (Wildman–Crippen MR) is 83.1 cm³/mol. The van der Waals surface area contributed by atoms with E-state index in [0.29, 0.717) is 11.5 Å². The zero-order chi connectivity index (χ0) is 16.4. The Hall–Kier alpha value is -2.71. The molecule has 2 N–H and O–H groups in total. The molecule has 0 aliphatic carbocycles. The van der Waals surface area contributed by atoms with Crippen LogP contribution in [0.3, 0.4) is 0 Å². The molecule has 8 heteroatoms. The number of benzene rings is 2. The van der Waals surface area contributed by atoms with Crippen LogP contribution in [0.25, 0.3) is 22.9 Å². The molecule has 0 amide bonds. The SMILES string of the molecule is COc1ccc(-c2nnc(-c3ccccc3)o2)cc1S(N)(=O)=O. The summed E-state index contributed by atoms with van der Waals surface area (Å²) >= 11 is 0. The van der Waals surface area contributed by atoms with Gasteiger partial charge in [-0.2, -0.15) is 0 Å². The molecule has 1 aromatic heterocycles. The third-order valence-corrected chi connectivity index (χ3v) is 4.09. The molecule has 0 saturated heterocycles. The van der Waals surface area contributed by atoms with Gasteiger partial charge in [0.05, 0.1) is 7.11 Å². The van der Waals surface area contributed by atoms with E-state index in [2.05, 4.69) is 10.2 Å². The van der Waals surface area contributed by atoms with Crippen LogP contribution >= 0.6 is 0 Å². The monoisotopic (exact) mass is 331 g/mol. The summed E-state index contributed by atoms with van der Waals surface area (Å²) in [6.07, 6.45) is 0. The van der Waals surface area contributed by atoms with Crippen molar-refractivity contribution in [2.24, 2.45) is 5.14 Å². The van der Waals surface area contributed by atoms with Gasteiger partial charge in [0.1, 0.15) is 10.6 Å². The van der Waals surface area contributed by atoms with Crippen LogP contribution in [0.5, 0.6) is 5.75 Å². The van der Waals surface area contributed by atoms with Gasteiger partial charge in [0.25, 0.3) is 0 Å². The number of nitrogens with two attached hydrogens (primary N) is 1. The Bertz CT molecular complexity index is 936. The lowest BCUT2D eigenvalue weighted by Gasteiger charge is -2.07. The van der Waals surface area contributed by atoms with Crippen molar-refractivity contribution in [3.8, 4) is 28.7 Å². The number of methoxy groups -OCH3 is 1. The van der Waals surface area contributed by atoms with E-state index in [-0.39, 0.29) is 16.5 Å². The normalized spacial score (nSPS) is 11.4. The molecular formula is C15H13N3O4S. The smallest absolute Gasteiger partial charge is 0.248 e. The number of aromatic nitrogens is 2. The van der Waals surface area contributed by atoms with Crippen LogP contribution in [-0.4, -0.2) is 25.7 Å². The van der Waals surface area contributed by atoms with Crippen molar-refractivity contribution in [2.75, 3.05) is 7.11 Å². The summed E-state index contributed by atoms with van der Waals surface area (Å²) in [5.41, 5.74) is 1.20. The molecule has 0 atom stereocenters. The number of primary sulfonamides is 1. The van der Waals surface area contributed by atoms with Gasteiger partial charge < -0.3 is 9.15 Å². The van der Waals surface area contributed by atoms with E-state index < -0.39 is 10.0 Å². The first-order valence-corrected chi connectivity index (χ1v) is 8.14. The number of sulfonamides is 1. The lowest BCUT2D eigenvalue weighted by molar-refractivity contribution is 0.403. The van der Waals surface area contributed by atoms with Gasteiger partial charge in [-0.15, -0.1) is 10.2 Å². The van der Waals surface area contributed by atoms with Crippen molar-refractivity contribution in [3.63, 3.8) is 0 Å². The van der Waals surface area contributed by atoms with E-state index in [1.807, 2.05) is 30.3 Å². The highest BCUT2D eigenvalue weighted by Gasteiger charge is 2.18. The van der Waals surface area contributed by atoms with Crippen LogP contribution in [0.1, 0.15) is 0 Å². The summed E-state index contributed by atoms with van der Waals surface area (Å²) in [6, 6.07) is 13.7. The summed E-state index contributed by atoms with van der Waals surface area (Å²) in [5.74, 6) is 0.684. The number of nitrogens with zero attached hydrogens (tertiary/aromatic N) is 2. The van der Waals surface area contributed by atoms with Gasteiger partial charge in [0, 0.05) is 11.1 Å². The minimum atomic E-state index is -3.94. The molecular weight excluding hydrogens is 318 g/mol. The van der Waals surface area contributed by atoms with Crippen molar-refractivity contribution in [3.05, 3.63) is 48.5 Å². The average molecular weight is 331 g/mol. The quantitative estimate of drug-likeness (QED) is 0.784. The average Bonchev–Trinajstić information content (AvgIpc) is 3.04. The molecule has 0 saturated carbocycles. The maximum atomic E-state index is 11.7.